The van der Waals surface area contributed by atoms with Gasteiger partial charge in [0.25, 0.3) is 0 Å². The summed E-state index contributed by atoms with van der Waals surface area (Å²) >= 11 is 0. The van der Waals surface area contributed by atoms with Gasteiger partial charge in [0.15, 0.2) is 11.6 Å². The van der Waals surface area contributed by atoms with Crippen molar-refractivity contribution in [1.82, 2.24) is 9.97 Å². The molecule has 1 aromatic heterocycles. The van der Waals surface area contributed by atoms with Crippen molar-refractivity contribution in [2.24, 2.45) is 0 Å². The van der Waals surface area contributed by atoms with Gasteiger partial charge in [-0.1, -0.05) is 0 Å². The largest absolute Gasteiger partial charge is 0.503 e. The van der Waals surface area contributed by atoms with Gasteiger partial charge in [0, 0.05) is 6.54 Å². The molecule has 1 atom stereocenters. The van der Waals surface area contributed by atoms with E-state index in [0.29, 0.717) is 24.7 Å². The number of ether oxygens (including phenoxy) is 1. The second kappa shape index (κ2) is 4.02. The van der Waals surface area contributed by atoms with Crippen molar-refractivity contribution in [3.05, 3.63) is 12.0 Å². The standard InChI is InChI=1S/C10H15N3O2/c1-7-5-15-4-3-13(7)10-9(14)8(2)11-6-12-10/h6-7,14H,3-5H2,1-2H3/t7-/m1/s1. The molecule has 0 aromatic carbocycles. The zero-order valence-corrected chi connectivity index (χ0v) is 8.97. The number of aromatic hydroxyl groups is 1. The van der Waals surface area contributed by atoms with Crippen LogP contribution in [-0.4, -0.2) is 40.9 Å². The van der Waals surface area contributed by atoms with Crippen molar-refractivity contribution >= 4 is 5.82 Å². The highest BCUT2D eigenvalue weighted by Crippen LogP contribution is 2.28. The second-order valence-corrected chi connectivity index (χ2v) is 3.75. The van der Waals surface area contributed by atoms with Crippen molar-refractivity contribution in [2.45, 2.75) is 19.9 Å². The van der Waals surface area contributed by atoms with E-state index < -0.39 is 0 Å². The van der Waals surface area contributed by atoms with Gasteiger partial charge in [0.05, 0.1) is 24.9 Å². The Morgan fingerprint density at radius 2 is 2.33 bits per heavy atom. The number of nitrogens with zero attached hydrogens (tertiary/aromatic N) is 3. The maximum absolute atomic E-state index is 9.86. The lowest BCUT2D eigenvalue weighted by Crippen LogP contribution is -2.44. The van der Waals surface area contributed by atoms with Gasteiger partial charge < -0.3 is 14.7 Å². The van der Waals surface area contributed by atoms with Gasteiger partial charge in [-0.15, -0.1) is 0 Å². The molecule has 2 rings (SSSR count). The van der Waals surface area contributed by atoms with Crippen LogP contribution in [0.3, 0.4) is 0 Å². The molecule has 0 saturated carbocycles. The number of anilines is 1. The highest BCUT2D eigenvalue weighted by atomic mass is 16.5. The third-order valence-corrected chi connectivity index (χ3v) is 2.63. The van der Waals surface area contributed by atoms with Gasteiger partial charge in [-0.2, -0.15) is 0 Å². The minimum absolute atomic E-state index is 0.172. The number of hydrogen-bond donors (Lipinski definition) is 1. The summed E-state index contributed by atoms with van der Waals surface area (Å²) in [6.45, 7) is 5.92. The average Bonchev–Trinajstić information content (AvgIpc) is 2.23. The molecule has 5 heteroatoms. The van der Waals surface area contributed by atoms with E-state index in [9.17, 15) is 5.11 Å². The zero-order chi connectivity index (χ0) is 10.8. The van der Waals surface area contributed by atoms with Crippen LogP contribution in [-0.2, 0) is 4.74 Å². The highest BCUT2D eigenvalue weighted by Gasteiger charge is 2.23. The fraction of sp³-hybridized carbons (Fsp3) is 0.600. The Bertz CT molecular complexity index is 357. The number of rotatable bonds is 1. The monoisotopic (exact) mass is 209 g/mol. The van der Waals surface area contributed by atoms with E-state index in [0.717, 1.165) is 6.54 Å². The summed E-state index contributed by atoms with van der Waals surface area (Å²) in [5, 5.41) is 9.86. The minimum Gasteiger partial charge on any atom is -0.503 e. The third kappa shape index (κ3) is 1.87. The van der Waals surface area contributed by atoms with Crippen molar-refractivity contribution in [1.29, 1.82) is 0 Å². The maximum Gasteiger partial charge on any atom is 0.180 e. The lowest BCUT2D eigenvalue weighted by Gasteiger charge is -2.34. The summed E-state index contributed by atoms with van der Waals surface area (Å²) in [5.41, 5.74) is 0.610. The van der Waals surface area contributed by atoms with E-state index in [1.807, 2.05) is 4.90 Å². The molecule has 0 spiro atoms. The molecule has 1 saturated heterocycles. The Morgan fingerprint density at radius 1 is 1.53 bits per heavy atom. The quantitative estimate of drug-likeness (QED) is 0.738. The van der Waals surface area contributed by atoms with E-state index in [4.69, 9.17) is 4.74 Å². The molecule has 1 aliphatic rings. The fourth-order valence-electron chi connectivity index (χ4n) is 1.71. The van der Waals surface area contributed by atoms with Gasteiger partial charge in [-0.05, 0) is 13.8 Å². The topological polar surface area (TPSA) is 58.5 Å². The van der Waals surface area contributed by atoms with Crippen LogP contribution in [0.2, 0.25) is 0 Å². The molecule has 1 aromatic rings. The molecule has 82 valence electrons. The van der Waals surface area contributed by atoms with Crippen LogP contribution in [0.1, 0.15) is 12.6 Å². The van der Waals surface area contributed by atoms with Crippen LogP contribution in [0, 0.1) is 6.92 Å². The van der Waals surface area contributed by atoms with E-state index in [1.54, 1.807) is 6.92 Å². The van der Waals surface area contributed by atoms with Crippen molar-refractivity contribution in [3.63, 3.8) is 0 Å². The Kier molecular flexibility index (Phi) is 2.73. The maximum atomic E-state index is 9.86. The van der Waals surface area contributed by atoms with E-state index in [1.165, 1.54) is 6.33 Å². The van der Waals surface area contributed by atoms with Crippen LogP contribution in [0.25, 0.3) is 0 Å². The summed E-state index contributed by atoms with van der Waals surface area (Å²) < 4.78 is 5.34. The molecule has 2 heterocycles. The fourth-order valence-corrected chi connectivity index (χ4v) is 1.71. The van der Waals surface area contributed by atoms with Crippen molar-refractivity contribution in [2.75, 3.05) is 24.7 Å². The van der Waals surface area contributed by atoms with Crippen LogP contribution in [0.5, 0.6) is 5.75 Å². The summed E-state index contributed by atoms with van der Waals surface area (Å²) in [4.78, 5) is 10.1. The highest BCUT2D eigenvalue weighted by molar-refractivity contribution is 5.53. The van der Waals surface area contributed by atoms with Crippen molar-refractivity contribution in [3.8, 4) is 5.75 Å². The van der Waals surface area contributed by atoms with Crippen LogP contribution < -0.4 is 4.90 Å². The van der Waals surface area contributed by atoms with Crippen LogP contribution in [0.15, 0.2) is 6.33 Å². The molecular weight excluding hydrogens is 194 g/mol. The summed E-state index contributed by atoms with van der Waals surface area (Å²) in [5.74, 6) is 0.782. The molecule has 1 N–H and O–H groups in total. The number of aromatic nitrogens is 2. The van der Waals surface area contributed by atoms with E-state index in [-0.39, 0.29) is 11.8 Å². The lowest BCUT2D eigenvalue weighted by atomic mass is 10.2. The molecule has 0 bridgehead atoms. The predicted octanol–water partition coefficient (Wildman–Crippen LogP) is 0.716. The molecular formula is C10H15N3O2. The first kappa shape index (κ1) is 10.2. The molecule has 0 radical (unpaired) electrons. The molecule has 15 heavy (non-hydrogen) atoms. The normalized spacial score (nSPS) is 21.7. The lowest BCUT2D eigenvalue weighted by molar-refractivity contribution is 0.0982. The first-order valence-corrected chi connectivity index (χ1v) is 5.05. The Balaban J connectivity index is 2.31. The van der Waals surface area contributed by atoms with E-state index >= 15 is 0 Å². The van der Waals surface area contributed by atoms with Gasteiger partial charge >= 0.3 is 0 Å². The number of hydrogen-bond acceptors (Lipinski definition) is 5. The van der Waals surface area contributed by atoms with Crippen LogP contribution >= 0.6 is 0 Å². The van der Waals surface area contributed by atoms with Crippen LogP contribution in [0.4, 0.5) is 5.82 Å². The molecule has 0 amide bonds. The van der Waals surface area contributed by atoms with Gasteiger partial charge in [0.2, 0.25) is 0 Å². The average molecular weight is 209 g/mol. The van der Waals surface area contributed by atoms with Gasteiger partial charge in [-0.25, -0.2) is 9.97 Å². The molecule has 1 fully saturated rings. The first-order valence-electron chi connectivity index (χ1n) is 5.05. The Labute approximate surface area is 88.7 Å². The second-order valence-electron chi connectivity index (χ2n) is 3.75. The number of aryl methyl sites for hydroxylation is 1. The first-order chi connectivity index (χ1) is 7.20. The smallest absolute Gasteiger partial charge is 0.180 e. The minimum atomic E-state index is 0.172. The molecule has 0 unspecified atom stereocenters. The van der Waals surface area contributed by atoms with E-state index in [2.05, 4.69) is 16.9 Å². The van der Waals surface area contributed by atoms with Gasteiger partial charge in [-0.3, -0.25) is 0 Å². The molecule has 0 aliphatic carbocycles. The molecule has 1 aliphatic heterocycles. The Hall–Kier alpha value is -1.36. The summed E-state index contributed by atoms with van der Waals surface area (Å²) in [7, 11) is 0. The van der Waals surface area contributed by atoms with Crippen molar-refractivity contribution < 1.29 is 9.84 Å². The van der Waals surface area contributed by atoms with Gasteiger partial charge in [0.1, 0.15) is 6.33 Å². The summed E-state index contributed by atoms with van der Waals surface area (Å²) in [6, 6.07) is 0.235. The molecule has 5 nitrogen and oxygen atoms in total. The number of morpholine rings is 1. The predicted molar refractivity (Wildman–Crippen MR) is 56.1 cm³/mol. The SMILES string of the molecule is Cc1ncnc(N2CCOC[C@H]2C)c1O. The zero-order valence-electron chi connectivity index (χ0n) is 8.97. The Morgan fingerprint density at radius 3 is 3.07 bits per heavy atom. The summed E-state index contributed by atoms with van der Waals surface area (Å²) in [6.07, 6.45) is 1.48. The third-order valence-electron chi connectivity index (χ3n) is 2.63.